The molecule has 5 nitrogen and oxygen atoms in total. The first-order chi connectivity index (χ1) is 11.8. The summed E-state index contributed by atoms with van der Waals surface area (Å²) in [7, 11) is 0. The van der Waals surface area contributed by atoms with Crippen LogP contribution in [0.15, 0.2) is 52.9 Å². The van der Waals surface area contributed by atoms with Gasteiger partial charge in [-0.15, -0.1) is 10.2 Å². The summed E-state index contributed by atoms with van der Waals surface area (Å²) in [5, 5.41) is 10.3. The Morgan fingerprint density at radius 3 is 2.24 bits per heavy atom. The number of benzene rings is 2. The van der Waals surface area contributed by atoms with E-state index in [1.54, 1.807) is 24.3 Å². The van der Waals surface area contributed by atoms with Gasteiger partial charge in [0.2, 0.25) is 5.89 Å². The van der Waals surface area contributed by atoms with Crippen LogP contribution in [0.4, 0.5) is 18.9 Å². The molecule has 2 aromatic carbocycles. The zero-order valence-corrected chi connectivity index (χ0v) is 13.1. The van der Waals surface area contributed by atoms with Gasteiger partial charge in [0.1, 0.15) is 0 Å². The second-order valence-electron chi connectivity index (χ2n) is 4.95. The van der Waals surface area contributed by atoms with Crippen molar-refractivity contribution in [3.63, 3.8) is 0 Å². The van der Waals surface area contributed by atoms with E-state index in [1.165, 1.54) is 0 Å². The van der Waals surface area contributed by atoms with Crippen LogP contribution in [0, 0.1) is 0 Å². The quantitative estimate of drug-likeness (QED) is 0.731. The zero-order chi connectivity index (χ0) is 18.0. The van der Waals surface area contributed by atoms with Gasteiger partial charge in [-0.3, -0.25) is 4.79 Å². The Kier molecular flexibility index (Phi) is 4.45. The van der Waals surface area contributed by atoms with E-state index in [0.717, 1.165) is 24.3 Å². The van der Waals surface area contributed by atoms with Gasteiger partial charge < -0.3 is 9.73 Å². The molecule has 0 aliphatic carbocycles. The van der Waals surface area contributed by atoms with Crippen molar-refractivity contribution in [3.05, 3.63) is 65.0 Å². The number of nitrogens with one attached hydrogen (secondary N) is 1. The summed E-state index contributed by atoms with van der Waals surface area (Å²) in [5.41, 5.74) is -0.0666. The molecule has 9 heteroatoms. The number of amides is 1. The molecule has 128 valence electrons. The molecule has 3 aromatic rings. The highest BCUT2D eigenvalue weighted by atomic mass is 35.5. The van der Waals surface area contributed by atoms with Gasteiger partial charge in [-0.25, -0.2) is 0 Å². The standard InChI is InChI=1S/C16H9ClF3N3O2/c17-11-5-1-9(2-6-11)14-22-23-15(25-14)13(24)21-12-7-3-10(4-8-12)16(18,19)20/h1-8H,(H,21,24). The van der Waals surface area contributed by atoms with E-state index < -0.39 is 17.6 Å². The lowest BCUT2D eigenvalue weighted by molar-refractivity contribution is -0.137. The number of halogens is 4. The molecule has 25 heavy (non-hydrogen) atoms. The van der Waals surface area contributed by atoms with E-state index in [-0.39, 0.29) is 17.5 Å². The van der Waals surface area contributed by atoms with Crippen LogP contribution in [0.2, 0.25) is 5.02 Å². The van der Waals surface area contributed by atoms with Crippen molar-refractivity contribution < 1.29 is 22.4 Å². The number of anilines is 1. The van der Waals surface area contributed by atoms with E-state index in [0.29, 0.717) is 10.6 Å². The van der Waals surface area contributed by atoms with Crippen molar-refractivity contribution in [2.75, 3.05) is 5.32 Å². The largest absolute Gasteiger partial charge is 0.416 e. The van der Waals surface area contributed by atoms with Crippen molar-refractivity contribution in [1.29, 1.82) is 0 Å². The van der Waals surface area contributed by atoms with Crippen LogP contribution in [0.1, 0.15) is 16.2 Å². The second kappa shape index (κ2) is 6.56. The number of rotatable bonds is 3. The summed E-state index contributed by atoms with van der Waals surface area (Å²) in [6.45, 7) is 0. The van der Waals surface area contributed by atoms with E-state index in [4.69, 9.17) is 16.0 Å². The van der Waals surface area contributed by atoms with Gasteiger partial charge in [-0.1, -0.05) is 11.6 Å². The smallest absolute Gasteiger partial charge is 0.412 e. The highest BCUT2D eigenvalue weighted by molar-refractivity contribution is 6.30. The van der Waals surface area contributed by atoms with Gasteiger partial charge >= 0.3 is 18.0 Å². The molecular formula is C16H9ClF3N3O2. The third-order valence-corrected chi connectivity index (χ3v) is 3.43. The van der Waals surface area contributed by atoms with Crippen molar-refractivity contribution in [1.82, 2.24) is 10.2 Å². The molecule has 0 spiro atoms. The zero-order valence-electron chi connectivity index (χ0n) is 12.3. The molecule has 0 aliphatic rings. The minimum Gasteiger partial charge on any atom is -0.412 e. The molecular weight excluding hydrogens is 359 g/mol. The summed E-state index contributed by atoms with van der Waals surface area (Å²) < 4.78 is 42.8. The first-order valence-electron chi connectivity index (χ1n) is 6.91. The Labute approximate surface area is 144 Å². The number of nitrogens with zero attached hydrogens (tertiary/aromatic N) is 2. The van der Waals surface area contributed by atoms with Gasteiger partial charge in [0.05, 0.1) is 5.56 Å². The number of carbonyl (C=O) groups is 1. The molecule has 1 amide bonds. The molecule has 1 heterocycles. The Balaban J connectivity index is 1.72. The third-order valence-electron chi connectivity index (χ3n) is 3.18. The molecule has 0 fully saturated rings. The predicted octanol–water partition coefficient (Wildman–Crippen LogP) is 4.66. The Morgan fingerprint density at radius 1 is 1.00 bits per heavy atom. The molecule has 1 aromatic heterocycles. The first-order valence-corrected chi connectivity index (χ1v) is 7.29. The Morgan fingerprint density at radius 2 is 1.64 bits per heavy atom. The molecule has 0 saturated heterocycles. The third kappa shape index (κ3) is 3.97. The lowest BCUT2D eigenvalue weighted by Crippen LogP contribution is -2.12. The lowest BCUT2D eigenvalue weighted by atomic mass is 10.2. The number of hydrogen-bond donors (Lipinski definition) is 1. The van der Waals surface area contributed by atoms with E-state index in [2.05, 4.69) is 15.5 Å². The highest BCUT2D eigenvalue weighted by Gasteiger charge is 2.30. The van der Waals surface area contributed by atoms with Crippen molar-refractivity contribution >= 4 is 23.2 Å². The first kappa shape index (κ1) is 17.0. The summed E-state index contributed by atoms with van der Waals surface area (Å²) in [4.78, 5) is 12.0. The predicted molar refractivity (Wildman–Crippen MR) is 84.1 cm³/mol. The van der Waals surface area contributed by atoms with Crippen molar-refractivity contribution in [2.24, 2.45) is 0 Å². The SMILES string of the molecule is O=C(Nc1ccc(C(F)(F)F)cc1)c1nnc(-c2ccc(Cl)cc2)o1. The Bertz CT molecular complexity index is 890. The fourth-order valence-electron chi connectivity index (χ4n) is 1.95. The minimum absolute atomic E-state index is 0.120. The van der Waals surface area contributed by atoms with E-state index in [1.807, 2.05) is 0 Å². The normalized spacial score (nSPS) is 11.4. The minimum atomic E-state index is -4.44. The molecule has 1 N–H and O–H groups in total. The average molecular weight is 368 g/mol. The maximum absolute atomic E-state index is 12.5. The number of alkyl halides is 3. The van der Waals surface area contributed by atoms with Crippen LogP contribution >= 0.6 is 11.6 Å². The number of aromatic nitrogens is 2. The molecule has 3 rings (SSSR count). The fraction of sp³-hybridized carbons (Fsp3) is 0.0625. The average Bonchev–Trinajstić information content (AvgIpc) is 3.05. The van der Waals surface area contributed by atoms with Crippen molar-refractivity contribution in [2.45, 2.75) is 6.18 Å². The summed E-state index contributed by atoms with van der Waals surface area (Å²) >= 11 is 5.78. The maximum atomic E-state index is 12.5. The van der Waals surface area contributed by atoms with Gasteiger partial charge in [0, 0.05) is 16.3 Å². The van der Waals surface area contributed by atoms with E-state index in [9.17, 15) is 18.0 Å². The molecule has 0 unspecified atom stereocenters. The highest BCUT2D eigenvalue weighted by Crippen LogP contribution is 2.30. The number of hydrogen-bond acceptors (Lipinski definition) is 4. The summed E-state index contributed by atoms with van der Waals surface area (Å²) in [6, 6.07) is 10.5. The lowest BCUT2D eigenvalue weighted by Gasteiger charge is -2.07. The topological polar surface area (TPSA) is 68.0 Å². The van der Waals surface area contributed by atoms with Crippen LogP contribution in [0.5, 0.6) is 0 Å². The van der Waals surface area contributed by atoms with Crippen LogP contribution < -0.4 is 5.32 Å². The van der Waals surface area contributed by atoms with Crippen LogP contribution in [0.25, 0.3) is 11.5 Å². The molecule has 0 saturated carbocycles. The van der Waals surface area contributed by atoms with Gasteiger partial charge in [-0.2, -0.15) is 13.2 Å². The van der Waals surface area contributed by atoms with Gasteiger partial charge in [0.25, 0.3) is 0 Å². The Hall–Kier alpha value is -2.87. The van der Waals surface area contributed by atoms with Crippen LogP contribution in [-0.4, -0.2) is 16.1 Å². The van der Waals surface area contributed by atoms with Crippen LogP contribution in [-0.2, 0) is 6.18 Å². The van der Waals surface area contributed by atoms with Gasteiger partial charge in [-0.05, 0) is 48.5 Å². The molecule has 0 atom stereocenters. The summed E-state index contributed by atoms with van der Waals surface area (Å²) in [6.07, 6.45) is -4.44. The molecule has 0 bridgehead atoms. The summed E-state index contributed by atoms with van der Waals surface area (Å²) in [5.74, 6) is -0.924. The molecule has 0 radical (unpaired) electrons. The van der Waals surface area contributed by atoms with Crippen LogP contribution in [0.3, 0.4) is 0 Å². The molecule has 0 aliphatic heterocycles. The van der Waals surface area contributed by atoms with Crippen molar-refractivity contribution in [3.8, 4) is 11.5 Å². The fourth-order valence-corrected chi connectivity index (χ4v) is 2.08. The maximum Gasteiger partial charge on any atom is 0.416 e. The van der Waals surface area contributed by atoms with E-state index >= 15 is 0 Å². The monoisotopic (exact) mass is 367 g/mol. The number of carbonyl (C=O) groups excluding carboxylic acids is 1. The second-order valence-corrected chi connectivity index (χ2v) is 5.38. The van der Waals surface area contributed by atoms with Gasteiger partial charge in [0.15, 0.2) is 0 Å².